The summed E-state index contributed by atoms with van der Waals surface area (Å²) in [6.07, 6.45) is 3.72. The summed E-state index contributed by atoms with van der Waals surface area (Å²) in [6, 6.07) is 7.45. The molecular formula is C15H20N6O. The Balaban J connectivity index is 1.83. The number of tetrazole rings is 1. The van der Waals surface area contributed by atoms with Crippen LogP contribution in [0.2, 0.25) is 0 Å². The van der Waals surface area contributed by atoms with Crippen molar-refractivity contribution in [1.29, 1.82) is 0 Å². The second kappa shape index (κ2) is 6.65. The number of likely N-dealkylation sites (tertiary alicyclic amines) is 1. The number of para-hydroxylation sites is 1. The fourth-order valence-electron chi connectivity index (χ4n) is 3.00. The summed E-state index contributed by atoms with van der Waals surface area (Å²) in [6.45, 7) is 2.55. The van der Waals surface area contributed by atoms with E-state index in [9.17, 15) is 4.79 Å². The minimum Gasteiger partial charge on any atom is -0.338 e. The van der Waals surface area contributed by atoms with Gasteiger partial charge in [0.1, 0.15) is 6.33 Å². The van der Waals surface area contributed by atoms with E-state index in [1.807, 2.05) is 36.2 Å². The van der Waals surface area contributed by atoms with Crippen LogP contribution in [0.25, 0.3) is 5.69 Å². The molecule has 1 amide bonds. The minimum absolute atomic E-state index is 0.0481. The third kappa shape index (κ3) is 2.99. The smallest absolute Gasteiger partial charge is 0.256 e. The van der Waals surface area contributed by atoms with Gasteiger partial charge < -0.3 is 10.2 Å². The lowest BCUT2D eigenvalue weighted by molar-refractivity contribution is 0.0674. The van der Waals surface area contributed by atoms with Crippen LogP contribution < -0.4 is 5.32 Å². The summed E-state index contributed by atoms with van der Waals surface area (Å²) in [5, 5.41) is 14.4. The third-order valence-electron chi connectivity index (χ3n) is 4.03. The molecule has 22 heavy (non-hydrogen) atoms. The van der Waals surface area contributed by atoms with E-state index in [1.54, 1.807) is 0 Å². The van der Waals surface area contributed by atoms with Gasteiger partial charge in [0.15, 0.2) is 0 Å². The SMILES string of the molecule is CNCC1CCCN(C(=O)c2ccccc2-n2cnnn2)C1. The highest BCUT2D eigenvalue weighted by molar-refractivity contribution is 5.97. The van der Waals surface area contributed by atoms with Crippen LogP contribution in [0.4, 0.5) is 0 Å². The lowest BCUT2D eigenvalue weighted by Crippen LogP contribution is -2.42. The molecule has 1 aromatic heterocycles. The monoisotopic (exact) mass is 300 g/mol. The van der Waals surface area contributed by atoms with Gasteiger partial charge in [-0.05, 0) is 54.9 Å². The van der Waals surface area contributed by atoms with E-state index >= 15 is 0 Å². The maximum atomic E-state index is 12.9. The van der Waals surface area contributed by atoms with Gasteiger partial charge >= 0.3 is 0 Å². The van der Waals surface area contributed by atoms with Crippen LogP contribution in [-0.2, 0) is 0 Å². The van der Waals surface area contributed by atoms with Gasteiger partial charge in [-0.15, -0.1) is 5.10 Å². The average Bonchev–Trinajstić information content (AvgIpc) is 3.09. The van der Waals surface area contributed by atoms with Gasteiger partial charge in [-0.25, -0.2) is 0 Å². The number of nitrogens with one attached hydrogen (secondary N) is 1. The predicted molar refractivity (Wildman–Crippen MR) is 81.7 cm³/mol. The first-order valence-corrected chi connectivity index (χ1v) is 7.56. The topological polar surface area (TPSA) is 75.9 Å². The number of benzene rings is 1. The van der Waals surface area contributed by atoms with Gasteiger partial charge in [0, 0.05) is 13.1 Å². The fourth-order valence-corrected chi connectivity index (χ4v) is 3.00. The number of hydrogen-bond acceptors (Lipinski definition) is 5. The van der Waals surface area contributed by atoms with E-state index in [-0.39, 0.29) is 5.91 Å². The Morgan fingerprint density at radius 2 is 2.27 bits per heavy atom. The zero-order valence-electron chi connectivity index (χ0n) is 12.6. The Morgan fingerprint density at radius 1 is 1.41 bits per heavy atom. The van der Waals surface area contributed by atoms with Crippen LogP contribution in [-0.4, -0.2) is 57.7 Å². The first-order valence-electron chi connectivity index (χ1n) is 7.56. The predicted octanol–water partition coefficient (Wildman–Crippen LogP) is 0.734. The number of nitrogens with zero attached hydrogens (tertiary/aromatic N) is 5. The third-order valence-corrected chi connectivity index (χ3v) is 4.03. The van der Waals surface area contributed by atoms with Crippen molar-refractivity contribution in [2.24, 2.45) is 5.92 Å². The maximum absolute atomic E-state index is 12.9. The number of carbonyl (C=O) groups excluding carboxylic acids is 1. The highest BCUT2D eigenvalue weighted by Gasteiger charge is 2.25. The lowest BCUT2D eigenvalue weighted by Gasteiger charge is -2.33. The van der Waals surface area contributed by atoms with E-state index in [4.69, 9.17) is 0 Å². The molecule has 1 fully saturated rings. The summed E-state index contributed by atoms with van der Waals surface area (Å²) in [4.78, 5) is 14.8. The molecule has 0 aliphatic carbocycles. The van der Waals surface area contributed by atoms with Crippen LogP contribution in [0.3, 0.4) is 0 Å². The number of hydrogen-bond donors (Lipinski definition) is 1. The summed E-state index contributed by atoms with van der Waals surface area (Å²) in [5.74, 6) is 0.565. The summed E-state index contributed by atoms with van der Waals surface area (Å²) < 4.78 is 1.53. The molecule has 1 aliphatic heterocycles. The molecule has 0 saturated carbocycles. The molecule has 2 aromatic rings. The van der Waals surface area contributed by atoms with Crippen molar-refractivity contribution in [3.63, 3.8) is 0 Å². The molecule has 0 spiro atoms. The van der Waals surface area contributed by atoms with Crippen LogP contribution in [0.1, 0.15) is 23.2 Å². The molecule has 1 unspecified atom stereocenters. The van der Waals surface area contributed by atoms with E-state index < -0.39 is 0 Å². The van der Waals surface area contributed by atoms with Crippen molar-refractivity contribution in [1.82, 2.24) is 30.4 Å². The van der Waals surface area contributed by atoms with Crippen molar-refractivity contribution >= 4 is 5.91 Å². The highest BCUT2D eigenvalue weighted by atomic mass is 16.2. The van der Waals surface area contributed by atoms with E-state index in [1.165, 1.54) is 17.4 Å². The van der Waals surface area contributed by atoms with Gasteiger partial charge in [-0.1, -0.05) is 12.1 Å². The molecule has 1 saturated heterocycles. The second-order valence-corrected chi connectivity index (χ2v) is 5.59. The average molecular weight is 300 g/mol. The fraction of sp³-hybridized carbons (Fsp3) is 0.467. The van der Waals surface area contributed by atoms with E-state index in [0.717, 1.165) is 26.1 Å². The number of amides is 1. The molecule has 7 nitrogen and oxygen atoms in total. The van der Waals surface area contributed by atoms with Gasteiger partial charge in [0.2, 0.25) is 0 Å². The van der Waals surface area contributed by atoms with Crippen LogP contribution in [0.15, 0.2) is 30.6 Å². The van der Waals surface area contributed by atoms with Crippen LogP contribution in [0.5, 0.6) is 0 Å². The Morgan fingerprint density at radius 3 is 3.05 bits per heavy atom. The second-order valence-electron chi connectivity index (χ2n) is 5.59. The van der Waals surface area contributed by atoms with Crippen LogP contribution in [0, 0.1) is 5.92 Å². The van der Waals surface area contributed by atoms with Gasteiger partial charge in [-0.3, -0.25) is 4.79 Å². The molecule has 0 bridgehead atoms. The Hall–Kier alpha value is -2.28. The molecular weight excluding hydrogens is 280 g/mol. The molecule has 1 aromatic carbocycles. The van der Waals surface area contributed by atoms with Crippen molar-refractivity contribution < 1.29 is 4.79 Å². The zero-order valence-corrected chi connectivity index (χ0v) is 12.6. The lowest BCUT2D eigenvalue weighted by atomic mass is 9.97. The van der Waals surface area contributed by atoms with Crippen molar-refractivity contribution in [2.75, 3.05) is 26.7 Å². The van der Waals surface area contributed by atoms with E-state index in [2.05, 4.69) is 20.8 Å². The largest absolute Gasteiger partial charge is 0.338 e. The first kappa shape index (κ1) is 14.6. The molecule has 7 heteroatoms. The summed E-state index contributed by atoms with van der Waals surface area (Å²) >= 11 is 0. The molecule has 2 heterocycles. The van der Waals surface area contributed by atoms with Crippen molar-refractivity contribution in [3.8, 4) is 5.69 Å². The molecule has 3 rings (SSSR count). The highest BCUT2D eigenvalue weighted by Crippen LogP contribution is 2.21. The van der Waals surface area contributed by atoms with E-state index in [0.29, 0.717) is 17.2 Å². The number of carbonyl (C=O) groups is 1. The van der Waals surface area contributed by atoms with Gasteiger partial charge in [-0.2, -0.15) is 4.68 Å². The Kier molecular flexibility index (Phi) is 4.43. The Labute approximate surface area is 129 Å². The normalized spacial score (nSPS) is 18.4. The van der Waals surface area contributed by atoms with Crippen molar-refractivity contribution in [2.45, 2.75) is 12.8 Å². The Bertz CT molecular complexity index is 625. The number of rotatable bonds is 4. The van der Waals surface area contributed by atoms with Crippen molar-refractivity contribution in [3.05, 3.63) is 36.2 Å². The molecule has 116 valence electrons. The quantitative estimate of drug-likeness (QED) is 0.901. The molecule has 0 radical (unpaired) electrons. The minimum atomic E-state index is 0.0481. The van der Waals surface area contributed by atoms with Gasteiger partial charge in [0.25, 0.3) is 5.91 Å². The van der Waals surface area contributed by atoms with Gasteiger partial charge in [0.05, 0.1) is 11.3 Å². The molecule has 1 N–H and O–H groups in total. The molecule has 1 aliphatic rings. The summed E-state index contributed by atoms with van der Waals surface area (Å²) in [7, 11) is 1.95. The standard InChI is InChI=1S/C15H20N6O/c1-16-9-12-5-4-8-20(10-12)15(22)13-6-2-3-7-14(13)21-11-17-18-19-21/h2-3,6-7,11-12,16H,4-5,8-10H2,1H3. The molecule has 1 atom stereocenters. The van der Waals surface area contributed by atoms with Crippen LogP contribution >= 0.6 is 0 Å². The summed E-state index contributed by atoms with van der Waals surface area (Å²) in [5.41, 5.74) is 1.35. The zero-order chi connectivity index (χ0) is 15.4. The number of piperidine rings is 1. The number of aromatic nitrogens is 4. The maximum Gasteiger partial charge on any atom is 0.256 e. The first-order chi connectivity index (χ1) is 10.8.